The van der Waals surface area contributed by atoms with Gasteiger partial charge in [0.15, 0.2) is 5.69 Å². The van der Waals surface area contributed by atoms with Crippen LogP contribution in [-0.2, 0) is 14.2 Å². The van der Waals surface area contributed by atoms with E-state index in [0.29, 0.717) is 0 Å². The molecule has 1 heterocycles. The van der Waals surface area contributed by atoms with Crippen LogP contribution in [0, 0.1) is 10.1 Å². The third kappa shape index (κ3) is 4.94. The summed E-state index contributed by atoms with van der Waals surface area (Å²) in [5.74, 6) is -3.24. The van der Waals surface area contributed by atoms with Crippen molar-refractivity contribution in [3.05, 3.63) is 67.6 Å². The number of hydrogen-bond acceptors (Lipinski definition) is 9. The topological polar surface area (TPSA) is 144 Å². The number of nitro groups is 1. The Bertz CT molecular complexity index is 1090. The molecule has 1 aromatic heterocycles. The number of hydrogen-bond donors (Lipinski definition) is 0. The van der Waals surface area contributed by atoms with Gasteiger partial charge in [-0.2, -0.15) is 0 Å². The SMILES string of the molecule is CCOC(=O)c1cn(-c2cccc([N+](=O)[O-])c2)c(C(=O)OCC)c(C(=O)OCC)c1=O. The Morgan fingerprint density at radius 3 is 2.13 bits per heavy atom. The number of non-ortho nitro benzene ring substituents is 1. The second-order valence-corrected chi connectivity index (χ2v) is 5.90. The summed E-state index contributed by atoms with van der Waals surface area (Å²) in [5, 5.41) is 11.2. The van der Waals surface area contributed by atoms with Gasteiger partial charge in [0.2, 0.25) is 5.43 Å². The highest BCUT2D eigenvalue weighted by Gasteiger charge is 2.31. The van der Waals surface area contributed by atoms with Gasteiger partial charge < -0.3 is 18.8 Å². The summed E-state index contributed by atoms with van der Waals surface area (Å²) in [5.41, 5.74) is -3.18. The molecule has 0 N–H and O–H groups in total. The van der Waals surface area contributed by atoms with E-state index in [1.54, 1.807) is 0 Å². The lowest BCUT2D eigenvalue weighted by atomic mass is 10.1. The molecule has 11 nitrogen and oxygen atoms in total. The average Bonchev–Trinajstić information content (AvgIpc) is 2.73. The number of ether oxygens (including phenoxy) is 3. The smallest absolute Gasteiger partial charge is 0.356 e. The zero-order chi connectivity index (χ0) is 23.1. The number of nitro benzene ring substituents is 1. The lowest BCUT2D eigenvalue weighted by molar-refractivity contribution is -0.384. The molecule has 0 amide bonds. The number of pyridine rings is 1. The van der Waals surface area contributed by atoms with Crippen LogP contribution in [0.1, 0.15) is 52.0 Å². The Kier molecular flexibility index (Phi) is 7.61. The molecule has 0 aliphatic carbocycles. The van der Waals surface area contributed by atoms with Gasteiger partial charge in [-0.05, 0) is 26.8 Å². The van der Waals surface area contributed by atoms with Crippen LogP contribution < -0.4 is 5.43 Å². The van der Waals surface area contributed by atoms with Gasteiger partial charge in [0.05, 0.1) is 30.4 Å². The van der Waals surface area contributed by atoms with Crippen LogP contribution in [0.5, 0.6) is 0 Å². The number of rotatable bonds is 8. The number of aromatic nitrogens is 1. The van der Waals surface area contributed by atoms with Crippen molar-refractivity contribution in [1.82, 2.24) is 4.57 Å². The van der Waals surface area contributed by atoms with Gasteiger partial charge in [-0.3, -0.25) is 14.9 Å². The third-order valence-electron chi connectivity index (χ3n) is 3.97. The lowest BCUT2D eigenvalue weighted by Crippen LogP contribution is -2.32. The molecule has 2 aromatic rings. The summed E-state index contributed by atoms with van der Waals surface area (Å²) < 4.78 is 15.8. The lowest BCUT2D eigenvalue weighted by Gasteiger charge is -2.17. The maximum Gasteiger partial charge on any atom is 0.356 e. The summed E-state index contributed by atoms with van der Waals surface area (Å²) in [4.78, 5) is 61.1. The minimum atomic E-state index is -1.15. The van der Waals surface area contributed by atoms with Gasteiger partial charge in [-0.1, -0.05) is 6.07 Å². The number of esters is 3. The second kappa shape index (κ2) is 10.1. The first-order chi connectivity index (χ1) is 14.8. The van der Waals surface area contributed by atoms with E-state index in [2.05, 4.69) is 0 Å². The predicted octanol–water partition coefficient (Wildman–Crippen LogP) is 2.28. The Hall–Kier alpha value is -4.02. The van der Waals surface area contributed by atoms with E-state index in [4.69, 9.17) is 14.2 Å². The molecule has 0 saturated carbocycles. The van der Waals surface area contributed by atoms with E-state index >= 15 is 0 Å². The molecule has 0 radical (unpaired) electrons. The van der Waals surface area contributed by atoms with Crippen LogP contribution in [0.15, 0.2) is 35.3 Å². The molecule has 164 valence electrons. The molecule has 0 aliphatic rings. The van der Waals surface area contributed by atoms with Crippen LogP contribution >= 0.6 is 0 Å². The molecular weight excluding hydrogens is 412 g/mol. The van der Waals surface area contributed by atoms with Crippen molar-refractivity contribution in [2.75, 3.05) is 19.8 Å². The van der Waals surface area contributed by atoms with Gasteiger partial charge in [-0.15, -0.1) is 0 Å². The summed E-state index contributed by atoms with van der Waals surface area (Å²) in [7, 11) is 0. The quantitative estimate of drug-likeness (QED) is 0.265. The second-order valence-electron chi connectivity index (χ2n) is 5.90. The molecule has 31 heavy (non-hydrogen) atoms. The standard InChI is InChI=1S/C20H20N2O9/c1-4-29-18(24)14-11-21(12-8-7-9-13(10-12)22(27)28)16(20(26)31-6-3)15(17(14)23)19(25)30-5-2/h7-11H,4-6H2,1-3H3. The average molecular weight is 432 g/mol. The summed E-state index contributed by atoms with van der Waals surface area (Å²) in [6, 6.07) is 5.06. The van der Waals surface area contributed by atoms with Crippen LogP contribution in [0.4, 0.5) is 5.69 Å². The Balaban J connectivity index is 2.97. The number of carbonyl (C=O) groups is 3. The highest BCUT2D eigenvalue weighted by Crippen LogP contribution is 2.21. The van der Waals surface area contributed by atoms with Gasteiger partial charge in [0.25, 0.3) is 5.69 Å². The first kappa shape index (κ1) is 23.3. The normalized spacial score (nSPS) is 10.3. The fraction of sp³-hybridized carbons (Fsp3) is 0.300. The Labute approximate surface area is 176 Å². The van der Waals surface area contributed by atoms with E-state index in [9.17, 15) is 29.3 Å². The highest BCUT2D eigenvalue weighted by atomic mass is 16.6. The van der Waals surface area contributed by atoms with Gasteiger partial charge in [0.1, 0.15) is 11.1 Å². The van der Waals surface area contributed by atoms with Crippen molar-refractivity contribution in [2.45, 2.75) is 20.8 Å². The van der Waals surface area contributed by atoms with E-state index < -0.39 is 45.1 Å². The highest BCUT2D eigenvalue weighted by molar-refractivity contribution is 6.04. The minimum Gasteiger partial charge on any atom is -0.462 e. The fourth-order valence-electron chi connectivity index (χ4n) is 2.72. The predicted molar refractivity (Wildman–Crippen MR) is 107 cm³/mol. The largest absolute Gasteiger partial charge is 0.462 e. The van der Waals surface area contributed by atoms with Crippen LogP contribution in [0.2, 0.25) is 0 Å². The van der Waals surface area contributed by atoms with E-state index in [0.717, 1.165) is 16.8 Å². The van der Waals surface area contributed by atoms with Crippen molar-refractivity contribution in [1.29, 1.82) is 0 Å². The molecule has 2 rings (SSSR count). The first-order valence-electron chi connectivity index (χ1n) is 9.32. The molecule has 11 heteroatoms. The van der Waals surface area contributed by atoms with Crippen LogP contribution in [0.3, 0.4) is 0 Å². The molecule has 1 aromatic carbocycles. The third-order valence-corrected chi connectivity index (χ3v) is 3.97. The summed E-state index contributed by atoms with van der Waals surface area (Å²) >= 11 is 0. The maximum absolute atomic E-state index is 13.0. The molecule has 0 fully saturated rings. The molecule has 0 bridgehead atoms. The van der Waals surface area contributed by atoms with Crippen LogP contribution in [-0.4, -0.2) is 47.2 Å². The number of nitrogens with zero attached hydrogens (tertiary/aromatic N) is 2. The van der Waals surface area contributed by atoms with Gasteiger partial charge in [0, 0.05) is 18.3 Å². The van der Waals surface area contributed by atoms with Gasteiger partial charge >= 0.3 is 17.9 Å². The van der Waals surface area contributed by atoms with Crippen molar-refractivity contribution >= 4 is 23.6 Å². The van der Waals surface area contributed by atoms with Crippen molar-refractivity contribution in [3.63, 3.8) is 0 Å². The molecule has 0 unspecified atom stereocenters. The van der Waals surface area contributed by atoms with E-state index in [-0.39, 0.29) is 31.2 Å². The van der Waals surface area contributed by atoms with Crippen molar-refractivity contribution in [2.24, 2.45) is 0 Å². The Morgan fingerprint density at radius 1 is 0.968 bits per heavy atom. The number of carbonyl (C=O) groups excluding carboxylic acids is 3. The zero-order valence-electron chi connectivity index (χ0n) is 17.1. The number of benzene rings is 1. The maximum atomic E-state index is 13.0. The monoisotopic (exact) mass is 432 g/mol. The first-order valence-corrected chi connectivity index (χ1v) is 9.32. The fourth-order valence-corrected chi connectivity index (χ4v) is 2.72. The summed E-state index contributed by atoms with van der Waals surface area (Å²) in [6.07, 6.45) is 0.981. The van der Waals surface area contributed by atoms with Crippen molar-refractivity contribution in [3.8, 4) is 5.69 Å². The van der Waals surface area contributed by atoms with Gasteiger partial charge in [-0.25, -0.2) is 14.4 Å². The van der Waals surface area contributed by atoms with Crippen molar-refractivity contribution < 1.29 is 33.5 Å². The molecule has 0 spiro atoms. The van der Waals surface area contributed by atoms with Crippen LogP contribution in [0.25, 0.3) is 5.69 Å². The molecule has 0 atom stereocenters. The Morgan fingerprint density at radius 2 is 1.55 bits per heavy atom. The van der Waals surface area contributed by atoms with E-state index in [1.165, 1.54) is 39.0 Å². The molecular formula is C20H20N2O9. The van der Waals surface area contributed by atoms with E-state index in [1.807, 2.05) is 0 Å². The molecule has 0 saturated heterocycles. The zero-order valence-corrected chi connectivity index (χ0v) is 17.1. The molecule has 0 aliphatic heterocycles. The minimum absolute atomic E-state index is 0.0355. The summed E-state index contributed by atoms with van der Waals surface area (Å²) in [6.45, 7) is 4.30.